The number of likely N-dealkylation sites (N-methyl/N-ethyl adjacent to an activating group) is 1. The van der Waals surface area contributed by atoms with Crippen molar-refractivity contribution in [1.29, 1.82) is 0 Å². The molecule has 1 aromatic carbocycles. The number of carbonyl (C=O) groups excluding carboxylic acids is 1. The van der Waals surface area contributed by atoms with Gasteiger partial charge in [0.05, 0.1) is 15.6 Å². The number of nitrogens with zero attached hydrogens (tertiary/aromatic N) is 3. The SMILES string of the molecule is CN1C(=O)/C(=C\c2ccc(N3CCCC3)o2)SC1=Nc1ccccc1Cl. The van der Waals surface area contributed by atoms with E-state index in [4.69, 9.17) is 16.0 Å². The van der Waals surface area contributed by atoms with Crippen LogP contribution in [0.2, 0.25) is 5.02 Å². The Kier molecular flexibility index (Phi) is 4.78. The van der Waals surface area contributed by atoms with E-state index < -0.39 is 0 Å². The minimum Gasteiger partial charge on any atom is -0.441 e. The van der Waals surface area contributed by atoms with Gasteiger partial charge in [-0.05, 0) is 42.8 Å². The number of aliphatic imine (C=N–C) groups is 1. The maximum atomic E-state index is 12.5. The van der Waals surface area contributed by atoms with Crippen LogP contribution in [0.5, 0.6) is 0 Å². The summed E-state index contributed by atoms with van der Waals surface area (Å²) in [6, 6.07) is 11.2. The standard InChI is InChI=1S/C19H18ClN3O2S/c1-22-18(24)16(26-19(22)21-15-7-3-2-6-14(15)20)12-13-8-9-17(25-13)23-10-4-5-11-23/h2-3,6-9,12H,4-5,10-11H2,1H3/b16-12+,21-19?. The molecule has 2 fully saturated rings. The largest absolute Gasteiger partial charge is 0.441 e. The van der Waals surface area contributed by atoms with Crippen LogP contribution in [-0.2, 0) is 4.79 Å². The highest BCUT2D eigenvalue weighted by atomic mass is 35.5. The van der Waals surface area contributed by atoms with Crippen molar-refractivity contribution in [2.24, 2.45) is 4.99 Å². The molecule has 0 atom stereocenters. The van der Waals surface area contributed by atoms with Gasteiger partial charge in [-0.2, -0.15) is 0 Å². The highest BCUT2D eigenvalue weighted by molar-refractivity contribution is 8.18. The van der Waals surface area contributed by atoms with Gasteiger partial charge in [0.25, 0.3) is 5.91 Å². The van der Waals surface area contributed by atoms with Crippen molar-refractivity contribution in [3.05, 3.63) is 52.1 Å². The summed E-state index contributed by atoms with van der Waals surface area (Å²) in [5.41, 5.74) is 0.645. The molecule has 7 heteroatoms. The summed E-state index contributed by atoms with van der Waals surface area (Å²) in [6.07, 6.45) is 4.16. The normalized spacial score (nSPS) is 20.8. The van der Waals surface area contributed by atoms with E-state index in [1.54, 1.807) is 19.2 Å². The third-order valence-electron chi connectivity index (χ3n) is 4.38. The second-order valence-corrected chi connectivity index (χ2v) is 7.61. The number of amides is 1. The lowest BCUT2D eigenvalue weighted by Gasteiger charge is -2.12. The zero-order valence-corrected chi connectivity index (χ0v) is 15.9. The van der Waals surface area contributed by atoms with Crippen LogP contribution < -0.4 is 4.90 Å². The Balaban J connectivity index is 1.57. The molecule has 5 nitrogen and oxygen atoms in total. The van der Waals surface area contributed by atoms with E-state index in [2.05, 4.69) is 9.89 Å². The summed E-state index contributed by atoms with van der Waals surface area (Å²) in [6.45, 7) is 2.04. The Morgan fingerprint density at radius 3 is 2.73 bits per heavy atom. The lowest BCUT2D eigenvalue weighted by Crippen LogP contribution is -2.23. The summed E-state index contributed by atoms with van der Waals surface area (Å²) < 4.78 is 5.89. The number of rotatable bonds is 3. The van der Waals surface area contributed by atoms with E-state index >= 15 is 0 Å². The molecule has 1 aromatic heterocycles. The molecule has 2 saturated heterocycles. The van der Waals surface area contributed by atoms with Gasteiger partial charge in [-0.15, -0.1) is 0 Å². The monoisotopic (exact) mass is 387 g/mol. The van der Waals surface area contributed by atoms with E-state index in [0.717, 1.165) is 19.0 Å². The fourth-order valence-electron chi connectivity index (χ4n) is 2.95. The van der Waals surface area contributed by atoms with E-state index in [1.807, 2.05) is 30.3 Å². The van der Waals surface area contributed by atoms with Gasteiger partial charge < -0.3 is 9.32 Å². The van der Waals surface area contributed by atoms with Crippen LogP contribution in [0.4, 0.5) is 11.6 Å². The fourth-order valence-corrected chi connectivity index (χ4v) is 4.09. The first-order valence-electron chi connectivity index (χ1n) is 8.47. The number of para-hydroxylation sites is 1. The smallest absolute Gasteiger partial charge is 0.266 e. The first kappa shape index (κ1) is 17.2. The number of halogens is 1. The van der Waals surface area contributed by atoms with Crippen LogP contribution in [0.15, 0.2) is 50.7 Å². The highest BCUT2D eigenvalue weighted by Gasteiger charge is 2.31. The van der Waals surface area contributed by atoms with Gasteiger partial charge in [-0.1, -0.05) is 23.7 Å². The number of carbonyl (C=O) groups is 1. The quantitative estimate of drug-likeness (QED) is 0.712. The average Bonchev–Trinajstić information content (AvgIpc) is 3.36. The number of hydrogen-bond acceptors (Lipinski definition) is 5. The highest BCUT2D eigenvalue weighted by Crippen LogP contribution is 2.35. The molecule has 0 radical (unpaired) electrons. The molecule has 0 unspecified atom stereocenters. The van der Waals surface area contributed by atoms with Gasteiger partial charge in [0.1, 0.15) is 5.76 Å². The van der Waals surface area contributed by atoms with Gasteiger partial charge in [0, 0.05) is 32.3 Å². The summed E-state index contributed by atoms with van der Waals surface area (Å²) >= 11 is 7.49. The van der Waals surface area contributed by atoms with Crippen molar-refractivity contribution in [3.8, 4) is 0 Å². The minimum absolute atomic E-state index is 0.0973. The van der Waals surface area contributed by atoms with Gasteiger partial charge >= 0.3 is 0 Å². The third-order valence-corrected chi connectivity index (χ3v) is 5.76. The van der Waals surface area contributed by atoms with Crippen LogP contribution in [0.25, 0.3) is 6.08 Å². The predicted molar refractivity (Wildman–Crippen MR) is 107 cm³/mol. The Morgan fingerprint density at radius 1 is 1.19 bits per heavy atom. The van der Waals surface area contributed by atoms with Crippen molar-refractivity contribution in [2.75, 3.05) is 25.0 Å². The van der Waals surface area contributed by atoms with E-state index in [0.29, 0.717) is 26.5 Å². The number of benzene rings is 1. The molecule has 0 spiro atoms. The zero-order chi connectivity index (χ0) is 18.1. The molecule has 2 aliphatic rings. The van der Waals surface area contributed by atoms with Gasteiger partial charge in [-0.3, -0.25) is 9.69 Å². The molecule has 2 aliphatic heterocycles. The Bertz CT molecular complexity index is 900. The van der Waals surface area contributed by atoms with Crippen LogP contribution in [0.1, 0.15) is 18.6 Å². The summed E-state index contributed by atoms with van der Waals surface area (Å²) in [5.74, 6) is 1.44. The summed E-state index contributed by atoms with van der Waals surface area (Å²) in [5, 5.41) is 1.15. The Hall–Kier alpha value is -2.18. The van der Waals surface area contributed by atoms with Gasteiger partial charge in [0.2, 0.25) is 0 Å². The van der Waals surface area contributed by atoms with E-state index in [1.165, 1.54) is 29.5 Å². The molecule has 0 N–H and O–H groups in total. The van der Waals surface area contributed by atoms with E-state index in [9.17, 15) is 4.79 Å². The molecule has 0 bridgehead atoms. The third kappa shape index (κ3) is 3.39. The molecule has 4 rings (SSSR count). The Labute approximate surface area is 161 Å². The van der Waals surface area contributed by atoms with Crippen molar-refractivity contribution in [2.45, 2.75) is 12.8 Å². The Morgan fingerprint density at radius 2 is 1.96 bits per heavy atom. The number of amidine groups is 1. The first-order chi connectivity index (χ1) is 12.6. The van der Waals surface area contributed by atoms with Crippen LogP contribution in [0, 0.1) is 0 Å². The number of furan rings is 1. The molecular formula is C19H18ClN3O2S. The lowest BCUT2D eigenvalue weighted by molar-refractivity contribution is -0.121. The maximum absolute atomic E-state index is 12.5. The molecule has 134 valence electrons. The first-order valence-corrected chi connectivity index (χ1v) is 9.67. The second kappa shape index (κ2) is 7.21. The number of anilines is 1. The summed E-state index contributed by atoms with van der Waals surface area (Å²) in [7, 11) is 1.71. The maximum Gasteiger partial charge on any atom is 0.266 e. The van der Waals surface area contributed by atoms with E-state index in [-0.39, 0.29) is 5.91 Å². The van der Waals surface area contributed by atoms with Crippen LogP contribution in [-0.4, -0.2) is 36.1 Å². The van der Waals surface area contributed by atoms with Crippen molar-refractivity contribution in [3.63, 3.8) is 0 Å². The summed E-state index contributed by atoms with van der Waals surface area (Å²) in [4.78, 5) is 21.4. The number of hydrogen-bond donors (Lipinski definition) is 0. The van der Waals surface area contributed by atoms with Gasteiger partial charge in [0.15, 0.2) is 11.1 Å². The average molecular weight is 388 g/mol. The van der Waals surface area contributed by atoms with Crippen molar-refractivity contribution < 1.29 is 9.21 Å². The molecule has 3 heterocycles. The van der Waals surface area contributed by atoms with Gasteiger partial charge in [-0.25, -0.2) is 4.99 Å². The molecular weight excluding hydrogens is 370 g/mol. The zero-order valence-electron chi connectivity index (χ0n) is 14.3. The molecule has 26 heavy (non-hydrogen) atoms. The molecule has 0 aliphatic carbocycles. The predicted octanol–water partition coefficient (Wildman–Crippen LogP) is 4.77. The second-order valence-electron chi connectivity index (χ2n) is 6.19. The van der Waals surface area contributed by atoms with Crippen LogP contribution >= 0.6 is 23.4 Å². The molecule has 2 aromatic rings. The minimum atomic E-state index is -0.0973. The van der Waals surface area contributed by atoms with Crippen LogP contribution in [0.3, 0.4) is 0 Å². The van der Waals surface area contributed by atoms with Crippen molar-refractivity contribution >= 4 is 52.1 Å². The van der Waals surface area contributed by atoms with Crippen molar-refractivity contribution in [1.82, 2.24) is 4.90 Å². The molecule has 0 saturated carbocycles. The lowest BCUT2D eigenvalue weighted by atomic mass is 10.3. The number of thioether (sulfide) groups is 1. The topological polar surface area (TPSA) is 49.1 Å². The molecule has 1 amide bonds. The fraction of sp³-hybridized carbons (Fsp3) is 0.263.